The molecule has 0 heterocycles. The lowest BCUT2D eigenvalue weighted by molar-refractivity contribution is -0.131. The molecule has 0 amide bonds. The molecule has 0 saturated heterocycles. The second-order valence-electron chi connectivity index (χ2n) is 10.1. The lowest BCUT2D eigenvalue weighted by Gasteiger charge is -2.29. The van der Waals surface area contributed by atoms with Gasteiger partial charge < -0.3 is 9.53 Å². The fraction of sp³-hybridized carbons (Fsp3) is 0.300. The summed E-state index contributed by atoms with van der Waals surface area (Å²) in [6.45, 7) is 6.70. The Morgan fingerprint density at radius 2 is 1.47 bits per heavy atom. The summed E-state index contributed by atoms with van der Waals surface area (Å²) in [6.07, 6.45) is 4.94. The van der Waals surface area contributed by atoms with Crippen LogP contribution in [0.15, 0.2) is 90.5 Å². The molecule has 34 heavy (non-hydrogen) atoms. The summed E-state index contributed by atoms with van der Waals surface area (Å²) in [4.78, 5) is 11.1. The van der Waals surface area contributed by atoms with Crippen LogP contribution in [0.4, 0.5) is 0 Å². The molecule has 0 aliphatic heterocycles. The van der Waals surface area contributed by atoms with Crippen molar-refractivity contribution in [1.82, 2.24) is 0 Å². The van der Waals surface area contributed by atoms with E-state index in [0.717, 1.165) is 37.0 Å². The molecule has 1 aliphatic carbocycles. The zero-order valence-electron chi connectivity index (χ0n) is 20.3. The molecule has 0 unspecified atom stereocenters. The summed E-state index contributed by atoms with van der Waals surface area (Å²) in [5.74, 6) is 0.499. The maximum Gasteiger partial charge on any atom is 0.352 e. The minimum Gasteiger partial charge on any atom is -0.532 e. The minimum atomic E-state index is -1.49. The van der Waals surface area contributed by atoms with Crippen molar-refractivity contribution < 1.29 is 14.3 Å². The van der Waals surface area contributed by atoms with E-state index in [2.05, 4.69) is 87.5 Å². The molecule has 3 aromatic carbocycles. The molecular formula is C30H33O3Si. The van der Waals surface area contributed by atoms with Gasteiger partial charge in [-0.15, -0.1) is 0 Å². The molecule has 0 bridgehead atoms. The van der Waals surface area contributed by atoms with Crippen LogP contribution >= 0.6 is 0 Å². The van der Waals surface area contributed by atoms with E-state index in [0.29, 0.717) is 5.92 Å². The third-order valence-corrected chi connectivity index (χ3v) is 8.70. The lowest BCUT2D eigenvalue weighted by atomic mass is 9.79. The van der Waals surface area contributed by atoms with Crippen LogP contribution in [0.2, 0.25) is 0 Å². The summed E-state index contributed by atoms with van der Waals surface area (Å²) in [6, 6.07) is 27.8. The Balaban J connectivity index is 1.72. The van der Waals surface area contributed by atoms with Crippen molar-refractivity contribution in [1.29, 1.82) is 0 Å². The first-order valence-corrected chi connectivity index (χ1v) is 13.4. The van der Waals surface area contributed by atoms with Crippen LogP contribution in [0, 0.1) is 0 Å². The molecule has 3 nitrogen and oxygen atoms in total. The van der Waals surface area contributed by atoms with Crippen molar-refractivity contribution >= 4 is 25.4 Å². The van der Waals surface area contributed by atoms with E-state index in [9.17, 15) is 4.79 Å². The Kier molecular flexibility index (Phi) is 7.37. The number of carbonyl (C=O) groups is 1. The van der Waals surface area contributed by atoms with Crippen molar-refractivity contribution in [3.05, 3.63) is 102 Å². The van der Waals surface area contributed by atoms with Crippen molar-refractivity contribution in [3.63, 3.8) is 0 Å². The Labute approximate surface area is 204 Å². The van der Waals surface area contributed by atoms with Gasteiger partial charge >= 0.3 is 15.0 Å². The standard InChI is InChI=1S/C30H33O3Si/c1-30(2,3)24-18-19-27(23-16-14-22(15-17-23)20-29(31)32)28(21-24)33-34(25-10-6-4-7-11-25)26-12-8-5-9-13-26/h4-13,18-21,23H,14-17H2,1-3H3,(H,31,32). The topological polar surface area (TPSA) is 46.5 Å². The third kappa shape index (κ3) is 5.87. The number of carboxylic acid groups (broad SMARTS) is 1. The highest BCUT2D eigenvalue weighted by Crippen LogP contribution is 2.41. The lowest BCUT2D eigenvalue weighted by Crippen LogP contribution is -2.47. The van der Waals surface area contributed by atoms with E-state index in [1.807, 2.05) is 12.1 Å². The molecule has 1 fully saturated rings. The maximum atomic E-state index is 11.1. The van der Waals surface area contributed by atoms with Crippen molar-refractivity contribution in [2.75, 3.05) is 0 Å². The fourth-order valence-electron chi connectivity index (χ4n) is 4.62. The summed E-state index contributed by atoms with van der Waals surface area (Å²) in [5.41, 5.74) is 3.57. The van der Waals surface area contributed by atoms with Gasteiger partial charge in [-0.1, -0.05) is 99.1 Å². The quantitative estimate of drug-likeness (QED) is 0.365. The maximum absolute atomic E-state index is 11.1. The number of benzene rings is 3. The molecule has 0 atom stereocenters. The van der Waals surface area contributed by atoms with E-state index in [1.165, 1.54) is 27.6 Å². The SMILES string of the molecule is CC(C)(C)c1ccc(C2CCC(=CC(=O)O)CC2)c(O[Si](c2ccccc2)c2ccccc2)c1. The van der Waals surface area contributed by atoms with Gasteiger partial charge in [0.25, 0.3) is 0 Å². The normalized spacial score (nSPS) is 16.4. The first-order valence-electron chi connectivity index (χ1n) is 12.0. The molecular weight excluding hydrogens is 436 g/mol. The molecule has 0 aromatic heterocycles. The zero-order chi connectivity index (χ0) is 24.1. The second-order valence-corrected chi connectivity index (χ2v) is 12.1. The summed E-state index contributed by atoms with van der Waals surface area (Å²) in [7, 11) is -1.49. The van der Waals surface area contributed by atoms with Crippen LogP contribution in [0.3, 0.4) is 0 Å². The van der Waals surface area contributed by atoms with Gasteiger partial charge in [0.2, 0.25) is 0 Å². The van der Waals surface area contributed by atoms with Gasteiger partial charge in [-0.25, -0.2) is 4.79 Å². The van der Waals surface area contributed by atoms with Crippen molar-refractivity contribution in [3.8, 4) is 5.75 Å². The molecule has 1 saturated carbocycles. The number of allylic oxidation sites excluding steroid dienone is 1. The first-order chi connectivity index (χ1) is 16.3. The van der Waals surface area contributed by atoms with E-state index in [1.54, 1.807) is 0 Å². The predicted molar refractivity (Wildman–Crippen MR) is 141 cm³/mol. The van der Waals surface area contributed by atoms with Crippen molar-refractivity contribution in [2.24, 2.45) is 0 Å². The number of rotatable bonds is 6. The molecule has 4 rings (SSSR count). The molecule has 1 N–H and O–H groups in total. The fourth-order valence-corrected chi connectivity index (χ4v) is 6.57. The van der Waals surface area contributed by atoms with E-state index < -0.39 is 15.0 Å². The van der Waals surface area contributed by atoms with Gasteiger partial charge in [0.05, 0.1) is 0 Å². The smallest absolute Gasteiger partial charge is 0.352 e. The van der Waals surface area contributed by atoms with Gasteiger partial charge in [-0.2, -0.15) is 0 Å². The van der Waals surface area contributed by atoms with Crippen LogP contribution in [0.25, 0.3) is 0 Å². The molecule has 1 radical (unpaired) electrons. The van der Waals surface area contributed by atoms with Gasteiger partial charge in [-0.3, -0.25) is 0 Å². The van der Waals surface area contributed by atoms with Gasteiger partial charge in [0, 0.05) is 6.08 Å². The highest BCUT2D eigenvalue weighted by atomic mass is 28.3. The average molecular weight is 470 g/mol. The average Bonchev–Trinajstić information content (AvgIpc) is 2.83. The van der Waals surface area contributed by atoms with Crippen LogP contribution in [0.5, 0.6) is 5.75 Å². The number of hydrogen-bond acceptors (Lipinski definition) is 2. The Morgan fingerprint density at radius 3 is 1.97 bits per heavy atom. The molecule has 3 aromatic rings. The Bertz CT molecular complexity index is 1100. The van der Waals surface area contributed by atoms with Gasteiger partial charge in [-0.05, 0) is 64.6 Å². The van der Waals surface area contributed by atoms with Crippen LogP contribution in [-0.2, 0) is 10.2 Å². The predicted octanol–water partition coefficient (Wildman–Crippen LogP) is 5.84. The van der Waals surface area contributed by atoms with E-state index in [-0.39, 0.29) is 5.41 Å². The van der Waals surface area contributed by atoms with Gasteiger partial charge in [0.1, 0.15) is 5.75 Å². The van der Waals surface area contributed by atoms with E-state index >= 15 is 0 Å². The molecule has 4 heteroatoms. The molecule has 175 valence electrons. The Morgan fingerprint density at radius 1 is 0.912 bits per heavy atom. The molecule has 1 aliphatic rings. The summed E-state index contributed by atoms with van der Waals surface area (Å²) >= 11 is 0. The largest absolute Gasteiger partial charge is 0.532 e. The summed E-state index contributed by atoms with van der Waals surface area (Å²) < 4.78 is 6.99. The van der Waals surface area contributed by atoms with E-state index in [4.69, 9.17) is 9.53 Å². The molecule has 0 spiro atoms. The number of hydrogen-bond donors (Lipinski definition) is 1. The minimum absolute atomic E-state index is 0.0208. The van der Waals surface area contributed by atoms with Crippen molar-refractivity contribution in [2.45, 2.75) is 57.8 Å². The van der Waals surface area contributed by atoms with Crippen LogP contribution < -0.4 is 14.8 Å². The highest BCUT2D eigenvalue weighted by molar-refractivity contribution is 6.80. The van der Waals surface area contributed by atoms with Crippen LogP contribution in [-0.4, -0.2) is 20.1 Å². The summed E-state index contributed by atoms with van der Waals surface area (Å²) in [5, 5.41) is 11.6. The number of aliphatic carboxylic acids is 1. The third-order valence-electron chi connectivity index (χ3n) is 6.56. The highest BCUT2D eigenvalue weighted by Gasteiger charge is 2.27. The second kappa shape index (κ2) is 10.4. The Hall–Kier alpha value is -3.11. The number of carboxylic acids is 1. The van der Waals surface area contributed by atoms with Gasteiger partial charge in [0.15, 0.2) is 0 Å². The van der Waals surface area contributed by atoms with Crippen LogP contribution in [0.1, 0.15) is 63.5 Å². The first kappa shape index (κ1) is 24.0. The zero-order valence-corrected chi connectivity index (χ0v) is 21.3. The monoisotopic (exact) mass is 469 g/mol.